The molecule has 1 amide bonds. The second-order valence-electron chi connectivity index (χ2n) is 6.51. The van der Waals surface area contributed by atoms with Crippen LogP contribution in [0.3, 0.4) is 0 Å². The third-order valence-corrected chi connectivity index (χ3v) is 5.41. The minimum Gasteiger partial charge on any atom is -0.307 e. The van der Waals surface area contributed by atoms with Crippen molar-refractivity contribution in [1.82, 2.24) is 19.6 Å². The highest BCUT2D eigenvalue weighted by molar-refractivity contribution is 6.32. The fourth-order valence-corrected chi connectivity index (χ4v) is 3.20. The lowest BCUT2D eigenvalue weighted by Gasteiger charge is -2.13. The molecule has 8 heteroatoms. The second kappa shape index (κ2) is 7.74. The number of nitrogens with zero attached hydrogens (tertiary/aromatic N) is 4. The summed E-state index contributed by atoms with van der Waals surface area (Å²) in [6, 6.07) is 8.94. The largest absolute Gasteiger partial charge is 0.307 e. The first-order valence-electron chi connectivity index (χ1n) is 8.58. The number of anilines is 1. The Morgan fingerprint density at radius 3 is 2.52 bits per heavy atom. The van der Waals surface area contributed by atoms with Crippen molar-refractivity contribution in [2.24, 2.45) is 0 Å². The lowest BCUT2D eigenvalue weighted by Crippen LogP contribution is -2.25. The summed E-state index contributed by atoms with van der Waals surface area (Å²) in [4.78, 5) is 12.6. The molecule has 0 aliphatic heterocycles. The number of hydrogen-bond acceptors (Lipinski definition) is 3. The summed E-state index contributed by atoms with van der Waals surface area (Å²) in [6.45, 7) is 7.90. The van der Waals surface area contributed by atoms with Gasteiger partial charge in [-0.1, -0.05) is 41.4 Å². The molecule has 2 heterocycles. The summed E-state index contributed by atoms with van der Waals surface area (Å²) >= 11 is 12.4. The van der Waals surface area contributed by atoms with E-state index in [-0.39, 0.29) is 5.91 Å². The van der Waals surface area contributed by atoms with Crippen molar-refractivity contribution in [2.45, 2.75) is 40.3 Å². The Labute approximate surface area is 168 Å². The molecule has 142 valence electrons. The van der Waals surface area contributed by atoms with Crippen molar-refractivity contribution in [3.05, 3.63) is 63.0 Å². The van der Waals surface area contributed by atoms with Gasteiger partial charge in [-0.15, -0.1) is 0 Å². The zero-order chi connectivity index (χ0) is 19.7. The number of aryl methyl sites for hydroxylation is 2. The Morgan fingerprint density at radius 1 is 1.19 bits per heavy atom. The molecule has 27 heavy (non-hydrogen) atoms. The van der Waals surface area contributed by atoms with Gasteiger partial charge in [0.1, 0.15) is 6.04 Å². The molecule has 0 spiro atoms. The molecule has 6 nitrogen and oxygen atoms in total. The van der Waals surface area contributed by atoms with Crippen molar-refractivity contribution in [3.63, 3.8) is 0 Å². The number of halogens is 2. The molecule has 3 aromatic rings. The monoisotopic (exact) mass is 405 g/mol. The number of carbonyl (C=O) groups excluding carboxylic acids is 1. The third-order valence-electron chi connectivity index (χ3n) is 4.49. The predicted molar refractivity (Wildman–Crippen MR) is 108 cm³/mol. The molecule has 2 aromatic heterocycles. The van der Waals surface area contributed by atoms with Crippen LogP contribution in [0.5, 0.6) is 0 Å². The summed E-state index contributed by atoms with van der Waals surface area (Å²) in [5, 5.41) is 12.9. The zero-order valence-electron chi connectivity index (χ0n) is 15.6. The molecule has 0 saturated heterocycles. The fraction of sp³-hybridized carbons (Fsp3) is 0.316. The number of carbonyl (C=O) groups is 1. The first kappa shape index (κ1) is 19.5. The molecule has 0 aliphatic carbocycles. The minimum atomic E-state index is -0.509. The molecule has 0 aliphatic rings. The predicted octanol–water partition coefficient (Wildman–Crippen LogP) is 4.56. The highest BCUT2D eigenvalue weighted by atomic mass is 35.5. The lowest BCUT2D eigenvalue weighted by molar-refractivity contribution is -0.119. The zero-order valence-corrected chi connectivity index (χ0v) is 17.1. The van der Waals surface area contributed by atoms with Gasteiger partial charge in [-0.25, -0.2) is 0 Å². The van der Waals surface area contributed by atoms with Crippen molar-refractivity contribution < 1.29 is 4.79 Å². The average molecular weight is 406 g/mol. The van der Waals surface area contributed by atoms with Gasteiger partial charge in [-0.3, -0.25) is 14.2 Å². The van der Waals surface area contributed by atoms with E-state index in [4.69, 9.17) is 23.2 Å². The van der Waals surface area contributed by atoms with Crippen LogP contribution < -0.4 is 5.32 Å². The van der Waals surface area contributed by atoms with Crippen LogP contribution in [0, 0.1) is 20.8 Å². The van der Waals surface area contributed by atoms with Gasteiger partial charge in [-0.05, 0) is 39.3 Å². The van der Waals surface area contributed by atoms with Gasteiger partial charge >= 0.3 is 0 Å². The summed E-state index contributed by atoms with van der Waals surface area (Å²) < 4.78 is 3.43. The van der Waals surface area contributed by atoms with Gasteiger partial charge < -0.3 is 5.32 Å². The molecule has 1 aromatic carbocycles. The van der Waals surface area contributed by atoms with Gasteiger partial charge in [0.05, 0.1) is 23.0 Å². The maximum atomic E-state index is 12.6. The van der Waals surface area contributed by atoms with Gasteiger partial charge in [0.2, 0.25) is 5.91 Å². The molecule has 0 fully saturated rings. The smallest absolute Gasteiger partial charge is 0.250 e. The van der Waals surface area contributed by atoms with Crippen molar-refractivity contribution in [2.75, 3.05) is 5.32 Å². The van der Waals surface area contributed by atoms with E-state index in [1.807, 2.05) is 55.8 Å². The van der Waals surface area contributed by atoms with Crippen molar-refractivity contribution in [1.29, 1.82) is 0 Å². The van der Waals surface area contributed by atoms with Gasteiger partial charge in [0.15, 0.2) is 5.82 Å². The molecule has 1 atom stereocenters. The van der Waals surface area contributed by atoms with E-state index in [9.17, 15) is 4.79 Å². The SMILES string of the molecule is Cc1nn(C(C)C(=O)Nc2cc(C)n(Cc3ccccc3Cl)n2)c(C)c1Cl. The van der Waals surface area contributed by atoms with Gasteiger partial charge in [-0.2, -0.15) is 10.2 Å². The van der Waals surface area contributed by atoms with E-state index < -0.39 is 6.04 Å². The standard InChI is InChI=1S/C19H21Cl2N5O/c1-11-9-17(24-25(11)10-15-7-5-6-8-16(15)20)22-19(27)14(4)26-13(3)18(21)12(2)23-26/h5-9,14H,10H2,1-4H3,(H,22,24,27). The molecule has 0 bridgehead atoms. The second-order valence-corrected chi connectivity index (χ2v) is 7.30. The number of amides is 1. The van der Waals surface area contributed by atoms with Crippen LogP contribution in [-0.4, -0.2) is 25.5 Å². The van der Waals surface area contributed by atoms with Crippen LogP contribution in [0.25, 0.3) is 0 Å². The third kappa shape index (κ3) is 4.01. The Morgan fingerprint density at radius 2 is 1.89 bits per heavy atom. The van der Waals surface area contributed by atoms with Crippen molar-refractivity contribution in [3.8, 4) is 0 Å². The number of nitrogens with one attached hydrogen (secondary N) is 1. The summed E-state index contributed by atoms with van der Waals surface area (Å²) in [7, 11) is 0. The molecule has 1 unspecified atom stereocenters. The highest BCUT2D eigenvalue weighted by Crippen LogP contribution is 2.23. The number of rotatable bonds is 5. The average Bonchev–Trinajstić information content (AvgIpc) is 3.10. The fourth-order valence-electron chi connectivity index (χ4n) is 2.88. The quantitative estimate of drug-likeness (QED) is 0.676. The Hall–Kier alpha value is -2.31. The Kier molecular flexibility index (Phi) is 5.58. The lowest BCUT2D eigenvalue weighted by atomic mass is 10.2. The van der Waals surface area contributed by atoms with E-state index in [1.165, 1.54) is 0 Å². The topological polar surface area (TPSA) is 64.7 Å². The van der Waals surface area contributed by atoms with E-state index in [1.54, 1.807) is 11.6 Å². The first-order chi connectivity index (χ1) is 12.8. The van der Waals surface area contributed by atoms with E-state index >= 15 is 0 Å². The molecular formula is C19H21Cl2N5O. The van der Waals surface area contributed by atoms with Crippen LogP contribution in [-0.2, 0) is 11.3 Å². The highest BCUT2D eigenvalue weighted by Gasteiger charge is 2.21. The minimum absolute atomic E-state index is 0.209. The van der Waals surface area contributed by atoms with E-state index in [0.29, 0.717) is 28.1 Å². The number of aromatic nitrogens is 4. The molecule has 1 N–H and O–H groups in total. The Balaban J connectivity index is 1.75. The maximum Gasteiger partial charge on any atom is 0.250 e. The maximum absolute atomic E-state index is 12.6. The van der Waals surface area contributed by atoms with Gasteiger partial charge in [0, 0.05) is 16.8 Å². The van der Waals surface area contributed by atoms with E-state index in [2.05, 4.69) is 15.5 Å². The molecule has 0 radical (unpaired) electrons. The summed E-state index contributed by atoms with van der Waals surface area (Å²) in [5.41, 5.74) is 3.35. The Bertz CT molecular complexity index is 992. The normalized spacial score (nSPS) is 12.2. The van der Waals surface area contributed by atoms with E-state index in [0.717, 1.165) is 17.0 Å². The molecule has 0 saturated carbocycles. The first-order valence-corrected chi connectivity index (χ1v) is 9.33. The van der Waals surface area contributed by atoms with Crippen LogP contribution >= 0.6 is 23.2 Å². The van der Waals surface area contributed by atoms with Crippen LogP contribution in [0.15, 0.2) is 30.3 Å². The van der Waals surface area contributed by atoms with Crippen LogP contribution in [0.1, 0.15) is 35.6 Å². The number of hydrogen-bond donors (Lipinski definition) is 1. The van der Waals surface area contributed by atoms with Crippen LogP contribution in [0.2, 0.25) is 10.0 Å². The summed E-state index contributed by atoms with van der Waals surface area (Å²) in [6.07, 6.45) is 0. The molecular weight excluding hydrogens is 385 g/mol. The van der Waals surface area contributed by atoms with Gasteiger partial charge in [0.25, 0.3) is 0 Å². The van der Waals surface area contributed by atoms with Crippen LogP contribution in [0.4, 0.5) is 5.82 Å². The molecule has 3 rings (SSSR count). The summed E-state index contributed by atoms with van der Waals surface area (Å²) in [5.74, 6) is 0.281. The van der Waals surface area contributed by atoms with Crippen molar-refractivity contribution >= 4 is 34.9 Å². The number of benzene rings is 1.